The molecule has 6 nitrogen and oxygen atoms in total. The topological polar surface area (TPSA) is 84.7 Å². The highest BCUT2D eigenvalue weighted by molar-refractivity contribution is 5.94. The van der Waals surface area contributed by atoms with Gasteiger partial charge < -0.3 is 20.7 Å². The van der Waals surface area contributed by atoms with E-state index in [1.807, 2.05) is 12.1 Å². The predicted molar refractivity (Wildman–Crippen MR) is 80.2 cm³/mol. The monoisotopic (exact) mass is 291 g/mol. The molecule has 2 rings (SSSR count). The van der Waals surface area contributed by atoms with Gasteiger partial charge in [-0.15, -0.1) is 0 Å². The Kier molecular flexibility index (Phi) is 5.16. The fourth-order valence-electron chi connectivity index (χ4n) is 2.16. The Labute approximate surface area is 124 Å². The highest BCUT2D eigenvalue weighted by Gasteiger charge is 2.15. The maximum absolute atomic E-state index is 11.9. The molecule has 1 aliphatic rings. The Morgan fingerprint density at radius 1 is 1.43 bits per heavy atom. The Morgan fingerprint density at radius 3 is 3.00 bits per heavy atom. The maximum atomic E-state index is 11.9. The molecule has 2 amide bonds. The van der Waals surface area contributed by atoms with E-state index in [9.17, 15) is 9.59 Å². The normalized spacial score (nSPS) is 13.3. The number of carbonyl (C=O) groups excluding carboxylic acids is 2. The lowest BCUT2D eigenvalue weighted by atomic mass is 10.0. The number of carbonyl (C=O) groups is 2. The third-order valence-corrected chi connectivity index (χ3v) is 3.46. The van der Waals surface area contributed by atoms with Crippen molar-refractivity contribution in [2.24, 2.45) is 5.73 Å². The number of ether oxygens (including phenoxy) is 1. The van der Waals surface area contributed by atoms with E-state index in [1.54, 1.807) is 18.0 Å². The molecule has 114 valence electrons. The fourth-order valence-corrected chi connectivity index (χ4v) is 2.16. The van der Waals surface area contributed by atoms with E-state index < -0.39 is 0 Å². The van der Waals surface area contributed by atoms with Crippen LogP contribution < -0.4 is 15.8 Å². The maximum Gasteiger partial charge on any atom is 0.260 e. The minimum Gasteiger partial charge on any atom is -0.484 e. The van der Waals surface area contributed by atoms with Gasteiger partial charge in [0.1, 0.15) is 5.75 Å². The highest BCUT2D eigenvalue weighted by Crippen LogP contribution is 2.26. The summed E-state index contributed by atoms with van der Waals surface area (Å²) in [6.07, 6.45) is 1.96. The number of amides is 2. The summed E-state index contributed by atoms with van der Waals surface area (Å²) in [5, 5.41) is 2.81. The standard InChI is InChI=1S/C15H21N3O3/c1-18(8-2-7-16)15(20)10-21-12-4-5-13-11(9-12)3-6-14(19)17-13/h4-5,9H,2-3,6-8,10,16H2,1H3,(H,17,19). The van der Waals surface area contributed by atoms with Crippen LogP contribution in [0.3, 0.4) is 0 Å². The van der Waals surface area contributed by atoms with Crippen molar-refractivity contribution in [2.45, 2.75) is 19.3 Å². The van der Waals surface area contributed by atoms with Crippen LogP contribution in [0.5, 0.6) is 5.75 Å². The number of likely N-dealkylation sites (N-methyl/N-ethyl adjacent to an activating group) is 1. The van der Waals surface area contributed by atoms with E-state index in [0.717, 1.165) is 17.7 Å². The van der Waals surface area contributed by atoms with Crippen molar-refractivity contribution in [2.75, 3.05) is 32.1 Å². The number of anilines is 1. The van der Waals surface area contributed by atoms with Gasteiger partial charge in [0, 0.05) is 25.7 Å². The Morgan fingerprint density at radius 2 is 2.24 bits per heavy atom. The molecule has 0 radical (unpaired) electrons. The summed E-state index contributed by atoms with van der Waals surface area (Å²) in [7, 11) is 1.74. The molecule has 1 heterocycles. The van der Waals surface area contributed by atoms with E-state index in [4.69, 9.17) is 10.5 Å². The van der Waals surface area contributed by atoms with Gasteiger partial charge in [-0.25, -0.2) is 0 Å². The van der Waals surface area contributed by atoms with Crippen LogP contribution in [0.4, 0.5) is 5.69 Å². The summed E-state index contributed by atoms with van der Waals surface area (Å²) in [6.45, 7) is 1.20. The van der Waals surface area contributed by atoms with Crippen molar-refractivity contribution in [1.82, 2.24) is 4.90 Å². The largest absolute Gasteiger partial charge is 0.484 e. The van der Waals surface area contributed by atoms with Gasteiger partial charge in [-0.1, -0.05) is 0 Å². The van der Waals surface area contributed by atoms with Crippen molar-refractivity contribution < 1.29 is 14.3 Å². The van der Waals surface area contributed by atoms with E-state index in [1.165, 1.54) is 0 Å². The van der Waals surface area contributed by atoms with Gasteiger partial charge in [0.15, 0.2) is 6.61 Å². The Bertz CT molecular complexity index is 531. The summed E-state index contributed by atoms with van der Waals surface area (Å²) >= 11 is 0. The lowest BCUT2D eigenvalue weighted by molar-refractivity contribution is -0.132. The second-order valence-corrected chi connectivity index (χ2v) is 5.11. The zero-order valence-electron chi connectivity index (χ0n) is 12.2. The van der Waals surface area contributed by atoms with Gasteiger partial charge in [-0.3, -0.25) is 9.59 Å². The lowest BCUT2D eigenvalue weighted by Crippen LogP contribution is -2.33. The smallest absolute Gasteiger partial charge is 0.260 e. The average molecular weight is 291 g/mol. The molecule has 1 aromatic rings. The number of fused-ring (bicyclic) bond motifs is 1. The van der Waals surface area contributed by atoms with Gasteiger partial charge in [0.2, 0.25) is 5.91 Å². The van der Waals surface area contributed by atoms with Crippen molar-refractivity contribution in [3.63, 3.8) is 0 Å². The SMILES string of the molecule is CN(CCCN)C(=O)COc1ccc2c(c1)CCC(=O)N2. The van der Waals surface area contributed by atoms with Gasteiger partial charge in [0.25, 0.3) is 5.91 Å². The molecule has 1 aliphatic heterocycles. The first-order valence-electron chi connectivity index (χ1n) is 7.10. The van der Waals surface area contributed by atoms with E-state index in [-0.39, 0.29) is 18.4 Å². The van der Waals surface area contributed by atoms with Crippen LogP contribution in [-0.4, -0.2) is 43.5 Å². The number of nitrogens with one attached hydrogen (secondary N) is 1. The van der Waals surface area contributed by atoms with Crippen LogP contribution in [0, 0.1) is 0 Å². The molecule has 1 aromatic carbocycles. The van der Waals surface area contributed by atoms with Gasteiger partial charge >= 0.3 is 0 Å². The molecular formula is C15H21N3O3. The van der Waals surface area contributed by atoms with Gasteiger partial charge in [-0.2, -0.15) is 0 Å². The minimum absolute atomic E-state index is 0.00617. The van der Waals surface area contributed by atoms with Crippen LogP contribution in [0.15, 0.2) is 18.2 Å². The highest BCUT2D eigenvalue weighted by atomic mass is 16.5. The molecule has 0 spiro atoms. The first-order chi connectivity index (χ1) is 10.1. The van der Waals surface area contributed by atoms with Crippen molar-refractivity contribution in [1.29, 1.82) is 0 Å². The molecule has 21 heavy (non-hydrogen) atoms. The molecule has 0 aliphatic carbocycles. The van der Waals surface area contributed by atoms with Crippen LogP contribution >= 0.6 is 0 Å². The fraction of sp³-hybridized carbons (Fsp3) is 0.467. The quantitative estimate of drug-likeness (QED) is 0.810. The Hall–Kier alpha value is -2.08. The van der Waals surface area contributed by atoms with Crippen LogP contribution in [0.1, 0.15) is 18.4 Å². The first kappa shape index (κ1) is 15.3. The van der Waals surface area contributed by atoms with E-state index in [2.05, 4.69) is 5.32 Å². The zero-order valence-corrected chi connectivity index (χ0v) is 12.2. The molecule has 0 unspecified atom stereocenters. The number of hydrogen-bond donors (Lipinski definition) is 2. The van der Waals surface area contributed by atoms with Gasteiger partial charge in [-0.05, 0) is 43.1 Å². The van der Waals surface area contributed by atoms with Crippen molar-refractivity contribution in [3.05, 3.63) is 23.8 Å². The number of nitrogens with two attached hydrogens (primary N) is 1. The summed E-state index contributed by atoms with van der Waals surface area (Å²) in [5.74, 6) is 0.604. The average Bonchev–Trinajstić information content (AvgIpc) is 2.50. The summed E-state index contributed by atoms with van der Waals surface area (Å²) in [6, 6.07) is 5.45. The molecule has 3 N–H and O–H groups in total. The van der Waals surface area contributed by atoms with E-state index in [0.29, 0.717) is 31.7 Å². The molecule has 0 saturated heterocycles. The van der Waals surface area contributed by atoms with E-state index >= 15 is 0 Å². The number of rotatable bonds is 6. The lowest BCUT2D eigenvalue weighted by Gasteiger charge is -2.19. The predicted octanol–water partition coefficient (Wildman–Crippen LogP) is 0.757. The molecule has 0 bridgehead atoms. The molecular weight excluding hydrogens is 270 g/mol. The number of nitrogens with zero attached hydrogens (tertiary/aromatic N) is 1. The summed E-state index contributed by atoms with van der Waals surface area (Å²) in [4.78, 5) is 24.8. The first-order valence-corrected chi connectivity index (χ1v) is 7.10. The molecule has 0 atom stereocenters. The molecule has 6 heteroatoms. The van der Waals surface area contributed by atoms with Crippen molar-refractivity contribution >= 4 is 17.5 Å². The zero-order chi connectivity index (χ0) is 15.2. The van der Waals surface area contributed by atoms with Gasteiger partial charge in [0.05, 0.1) is 0 Å². The van der Waals surface area contributed by atoms with Crippen molar-refractivity contribution in [3.8, 4) is 5.75 Å². The number of aryl methyl sites for hydroxylation is 1. The Balaban J connectivity index is 1.89. The number of benzene rings is 1. The third-order valence-electron chi connectivity index (χ3n) is 3.46. The molecule has 0 saturated carbocycles. The van der Waals surface area contributed by atoms with Crippen LogP contribution in [-0.2, 0) is 16.0 Å². The second kappa shape index (κ2) is 7.08. The summed E-state index contributed by atoms with van der Waals surface area (Å²) < 4.78 is 5.53. The third kappa shape index (κ3) is 4.19. The summed E-state index contributed by atoms with van der Waals surface area (Å²) in [5.41, 5.74) is 7.28. The molecule has 0 fully saturated rings. The van der Waals surface area contributed by atoms with Crippen LogP contribution in [0.25, 0.3) is 0 Å². The second-order valence-electron chi connectivity index (χ2n) is 5.11. The van der Waals surface area contributed by atoms with Crippen LogP contribution in [0.2, 0.25) is 0 Å². The molecule has 0 aromatic heterocycles. The minimum atomic E-state index is -0.0746. The number of hydrogen-bond acceptors (Lipinski definition) is 4.